The van der Waals surface area contributed by atoms with E-state index in [1.165, 1.54) is 21.9 Å². The second kappa shape index (κ2) is 14.0. The van der Waals surface area contributed by atoms with E-state index in [9.17, 15) is 18.0 Å². The van der Waals surface area contributed by atoms with Crippen molar-refractivity contribution in [2.24, 2.45) is 4.99 Å². The number of benzene rings is 2. The molecule has 0 saturated carbocycles. The lowest BCUT2D eigenvalue weighted by Crippen LogP contribution is -2.39. The first-order valence-corrected chi connectivity index (χ1v) is 15.4. The van der Waals surface area contributed by atoms with Gasteiger partial charge in [-0.25, -0.2) is 13.2 Å². The molecule has 3 rings (SSSR count). The van der Waals surface area contributed by atoms with E-state index >= 15 is 0 Å². The van der Waals surface area contributed by atoms with E-state index < -0.39 is 21.5 Å². The average Bonchev–Trinajstić information content (AvgIpc) is 3.38. The normalized spacial score (nSPS) is 13.7. The summed E-state index contributed by atoms with van der Waals surface area (Å²) in [5.41, 5.74) is 1.70. The summed E-state index contributed by atoms with van der Waals surface area (Å²) in [5, 5.41) is 3.27. The van der Waals surface area contributed by atoms with Crippen LogP contribution in [-0.2, 0) is 30.7 Å². The molecule has 13 heteroatoms. The summed E-state index contributed by atoms with van der Waals surface area (Å²) >= 11 is 12.1. The summed E-state index contributed by atoms with van der Waals surface area (Å²) in [7, 11) is -2.00. The van der Waals surface area contributed by atoms with Gasteiger partial charge in [0.25, 0.3) is 0 Å². The number of carbonyl (C=O) groups is 2. The summed E-state index contributed by atoms with van der Waals surface area (Å²) in [4.78, 5) is 32.6. The number of ether oxygens (including phenoxy) is 2. The van der Waals surface area contributed by atoms with Gasteiger partial charge in [-0.05, 0) is 51.0 Å². The second-order valence-electron chi connectivity index (χ2n) is 10.6. The number of nitrogens with zero attached hydrogens (tertiary/aromatic N) is 3. The van der Waals surface area contributed by atoms with Gasteiger partial charge < -0.3 is 19.7 Å². The number of aryl methyl sites for hydroxylation is 1. The average molecular weight is 628 g/mol. The number of hydrogen-bond acceptors (Lipinski definition) is 8. The number of hydrogen-bond donors (Lipinski definition) is 1. The van der Waals surface area contributed by atoms with Crippen molar-refractivity contribution < 1.29 is 27.5 Å². The Bertz CT molecular complexity index is 1390. The molecule has 1 aliphatic rings. The van der Waals surface area contributed by atoms with E-state index in [1.807, 2.05) is 45.0 Å². The number of rotatable bonds is 11. The van der Waals surface area contributed by atoms with E-state index in [-0.39, 0.29) is 41.5 Å². The summed E-state index contributed by atoms with van der Waals surface area (Å²) < 4.78 is 36.1. The zero-order valence-electron chi connectivity index (χ0n) is 23.9. The lowest BCUT2D eigenvalue weighted by molar-refractivity contribution is -0.135. The Balaban J connectivity index is 1.41. The van der Waals surface area contributed by atoms with Crippen LogP contribution in [0.3, 0.4) is 0 Å². The SMILES string of the molecule is Cc1cc(S(=O)(=O)CNCCOCC(=O)N(C)Cc2ccc(C3=NCCN3C(=O)OC(C)(C)C)cc2)c(Cl)cc1Cl. The third kappa shape index (κ3) is 9.40. The minimum Gasteiger partial charge on any atom is -0.443 e. The third-order valence-corrected chi connectivity index (χ3v) is 8.43. The van der Waals surface area contributed by atoms with Crippen LogP contribution in [0.5, 0.6) is 0 Å². The molecule has 0 bridgehead atoms. The van der Waals surface area contributed by atoms with Crippen molar-refractivity contribution >= 4 is 50.9 Å². The molecule has 0 spiro atoms. The monoisotopic (exact) mass is 626 g/mol. The van der Waals surface area contributed by atoms with Gasteiger partial charge in [0.15, 0.2) is 9.84 Å². The Morgan fingerprint density at radius 2 is 1.80 bits per heavy atom. The van der Waals surface area contributed by atoms with Gasteiger partial charge in [0, 0.05) is 30.7 Å². The molecule has 0 unspecified atom stereocenters. The minimum absolute atomic E-state index is 0.0101. The van der Waals surface area contributed by atoms with Crippen molar-refractivity contribution in [3.63, 3.8) is 0 Å². The maximum absolute atomic E-state index is 12.6. The van der Waals surface area contributed by atoms with Crippen LogP contribution in [0.4, 0.5) is 4.79 Å². The fraction of sp³-hybridized carbons (Fsp3) is 0.464. The Morgan fingerprint density at radius 3 is 2.46 bits per heavy atom. The highest BCUT2D eigenvalue weighted by Crippen LogP contribution is 2.28. The number of amides is 2. The number of aliphatic imine (C=N–C) groups is 1. The maximum Gasteiger partial charge on any atom is 0.416 e. The van der Waals surface area contributed by atoms with Crippen molar-refractivity contribution in [3.05, 3.63) is 63.1 Å². The highest BCUT2D eigenvalue weighted by atomic mass is 35.5. The first-order chi connectivity index (χ1) is 19.2. The summed E-state index contributed by atoms with van der Waals surface area (Å²) in [6.45, 7) is 8.73. The zero-order valence-corrected chi connectivity index (χ0v) is 26.2. The number of carbonyl (C=O) groups excluding carboxylic acids is 2. The molecule has 10 nitrogen and oxygen atoms in total. The predicted octanol–water partition coefficient (Wildman–Crippen LogP) is 4.30. The van der Waals surface area contributed by atoms with E-state index in [2.05, 4.69) is 10.3 Å². The van der Waals surface area contributed by atoms with Gasteiger partial charge in [0.05, 0.1) is 29.6 Å². The van der Waals surface area contributed by atoms with Gasteiger partial charge in [0.2, 0.25) is 5.91 Å². The molecular weight excluding hydrogens is 591 g/mol. The van der Waals surface area contributed by atoms with Crippen LogP contribution < -0.4 is 5.32 Å². The van der Waals surface area contributed by atoms with Crippen LogP contribution in [0.25, 0.3) is 0 Å². The fourth-order valence-electron chi connectivity index (χ4n) is 3.88. The van der Waals surface area contributed by atoms with Crippen LogP contribution in [0.2, 0.25) is 10.0 Å². The zero-order chi connectivity index (χ0) is 30.4. The molecular formula is C28H36Cl2N4O6S. The summed E-state index contributed by atoms with van der Waals surface area (Å²) in [6, 6.07) is 10.4. The molecule has 2 amide bonds. The fourth-order valence-corrected chi connectivity index (χ4v) is 5.89. The second-order valence-corrected chi connectivity index (χ2v) is 13.4. The molecule has 0 radical (unpaired) electrons. The van der Waals surface area contributed by atoms with Crippen LogP contribution in [-0.4, -0.2) is 87.4 Å². The lowest BCUT2D eigenvalue weighted by Gasteiger charge is -2.25. The molecule has 1 aliphatic heterocycles. The van der Waals surface area contributed by atoms with Crippen molar-refractivity contribution in [1.29, 1.82) is 0 Å². The first kappa shape index (κ1) is 32.8. The highest BCUT2D eigenvalue weighted by molar-refractivity contribution is 7.91. The lowest BCUT2D eigenvalue weighted by atomic mass is 10.1. The number of sulfone groups is 1. The number of nitrogens with one attached hydrogen (secondary N) is 1. The molecule has 41 heavy (non-hydrogen) atoms. The molecule has 0 fully saturated rings. The van der Waals surface area contributed by atoms with Gasteiger partial charge >= 0.3 is 6.09 Å². The van der Waals surface area contributed by atoms with E-state index in [0.717, 1.165) is 11.1 Å². The topological polar surface area (TPSA) is 118 Å². The Hall–Kier alpha value is -2.70. The van der Waals surface area contributed by atoms with Gasteiger partial charge in [-0.15, -0.1) is 0 Å². The number of halogens is 2. The molecule has 0 saturated heterocycles. The van der Waals surface area contributed by atoms with Crippen molar-refractivity contribution in [1.82, 2.24) is 15.1 Å². The van der Waals surface area contributed by atoms with Crippen LogP contribution >= 0.6 is 23.2 Å². The molecule has 1 heterocycles. The summed E-state index contributed by atoms with van der Waals surface area (Å²) in [5.74, 6) is 0.0148. The Kier molecular flexibility index (Phi) is 11.2. The van der Waals surface area contributed by atoms with Crippen LogP contribution in [0.15, 0.2) is 46.3 Å². The highest BCUT2D eigenvalue weighted by Gasteiger charge is 2.29. The standard InChI is InChI=1S/C28H36Cl2N4O6S/c1-19-14-24(23(30)15-22(19)29)41(37,38)18-31-11-13-39-17-25(35)33(5)16-20-6-8-21(9-7-20)26-32-10-12-34(26)27(36)40-28(2,3)4/h6-9,14-15,31H,10-13,16-18H2,1-5H3. The van der Waals surface area contributed by atoms with Gasteiger partial charge in [-0.3, -0.25) is 14.7 Å². The third-order valence-electron chi connectivity index (χ3n) is 6.00. The first-order valence-electron chi connectivity index (χ1n) is 13.0. The van der Waals surface area contributed by atoms with Crippen molar-refractivity contribution in [2.45, 2.75) is 44.7 Å². The molecule has 0 aromatic heterocycles. The van der Waals surface area contributed by atoms with E-state index in [4.69, 9.17) is 32.7 Å². The molecule has 224 valence electrons. The number of amidine groups is 1. The quantitative estimate of drug-likeness (QED) is 0.370. The summed E-state index contributed by atoms with van der Waals surface area (Å²) in [6.07, 6.45) is -0.430. The van der Waals surface area contributed by atoms with Gasteiger partial charge in [0.1, 0.15) is 23.9 Å². The van der Waals surface area contributed by atoms with E-state index in [0.29, 0.717) is 36.1 Å². The minimum atomic E-state index is -3.67. The largest absolute Gasteiger partial charge is 0.443 e. The Labute approximate surface area is 251 Å². The smallest absolute Gasteiger partial charge is 0.416 e. The van der Waals surface area contributed by atoms with Crippen LogP contribution in [0, 0.1) is 6.92 Å². The maximum atomic E-state index is 12.6. The van der Waals surface area contributed by atoms with E-state index in [1.54, 1.807) is 14.0 Å². The molecule has 1 N–H and O–H groups in total. The van der Waals surface area contributed by atoms with Crippen molar-refractivity contribution in [2.75, 3.05) is 45.8 Å². The van der Waals surface area contributed by atoms with Crippen LogP contribution in [0.1, 0.15) is 37.5 Å². The number of likely N-dealkylation sites (N-methyl/N-ethyl adjacent to an activating group) is 1. The predicted molar refractivity (Wildman–Crippen MR) is 159 cm³/mol. The molecule has 0 aliphatic carbocycles. The van der Waals surface area contributed by atoms with Gasteiger partial charge in [-0.1, -0.05) is 47.5 Å². The molecule has 2 aromatic rings. The molecule has 0 atom stereocenters. The van der Waals surface area contributed by atoms with Crippen molar-refractivity contribution in [3.8, 4) is 0 Å². The molecule has 2 aromatic carbocycles. The Morgan fingerprint density at radius 1 is 1.12 bits per heavy atom. The van der Waals surface area contributed by atoms with Gasteiger partial charge in [-0.2, -0.15) is 0 Å².